The molecule has 1 atom stereocenters. The number of rotatable bonds is 2. The van der Waals surface area contributed by atoms with Crippen molar-refractivity contribution < 1.29 is 14.3 Å². The van der Waals surface area contributed by atoms with Crippen molar-refractivity contribution in [3.63, 3.8) is 0 Å². The van der Waals surface area contributed by atoms with Gasteiger partial charge < -0.3 is 14.5 Å². The number of carbonyl (C=O) groups is 2. The SMILES string of the molecule is CCCN1C(=O)CCc2cc3c(cc21)CCN(C(=O)OC(C)(C)C)CC3C. The molecule has 0 saturated carbocycles. The Morgan fingerprint density at radius 1 is 1.19 bits per heavy atom. The van der Waals surface area contributed by atoms with Crippen molar-refractivity contribution in [3.8, 4) is 0 Å². The van der Waals surface area contributed by atoms with Crippen LogP contribution in [-0.2, 0) is 22.4 Å². The summed E-state index contributed by atoms with van der Waals surface area (Å²) in [5.41, 5.74) is 4.41. The quantitative estimate of drug-likeness (QED) is 0.779. The summed E-state index contributed by atoms with van der Waals surface area (Å²) in [6.45, 7) is 12.0. The number of hydrogen-bond acceptors (Lipinski definition) is 3. The van der Waals surface area contributed by atoms with Crippen LogP contribution >= 0.6 is 0 Å². The lowest BCUT2D eigenvalue weighted by Gasteiger charge is -2.31. The van der Waals surface area contributed by atoms with Gasteiger partial charge in [0, 0.05) is 31.7 Å². The molecule has 148 valence electrons. The lowest BCUT2D eigenvalue weighted by molar-refractivity contribution is -0.118. The average molecular weight is 373 g/mol. The second kappa shape index (κ2) is 7.53. The number of hydrogen-bond donors (Lipinski definition) is 0. The topological polar surface area (TPSA) is 49.9 Å². The smallest absolute Gasteiger partial charge is 0.410 e. The lowest BCUT2D eigenvalue weighted by atomic mass is 9.89. The van der Waals surface area contributed by atoms with Gasteiger partial charge in [-0.15, -0.1) is 0 Å². The van der Waals surface area contributed by atoms with Gasteiger partial charge in [-0.25, -0.2) is 4.79 Å². The predicted octanol–water partition coefficient (Wildman–Crippen LogP) is 4.27. The molecule has 2 aliphatic heterocycles. The highest BCUT2D eigenvalue weighted by Crippen LogP contribution is 2.35. The number of anilines is 1. The van der Waals surface area contributed by atoms with Gasteiger partial charge in [0.2, 0.25) is 5.91 Å². The first-order valence-corrected chi connectivity index (χ1v) is 10.1. The Kier molecular flexibility index (Phi) is 5.50. The molecule has 3 rings (SSSR count). The van der Waals surface area contributed by atoms with Crippen LogP contribution in [0.15, 0.2) is 12.1 Å². The third kappa shape index (κ3) is 4.28. The summed E-state index contributed by atoms with van der Waals surface area (Å²) in [6.07, 6.45) is 2.90. The number of ether oxygens (including phenoxy) is 1. The fraction of sp³-hybridized carbons (Fsp3) is 0.636. The number of fused-ring (bicyclic) bond motifs is 2. The first-order valence-electron chi connectivity index (χ1n) is 10.1. The molecule has 0 radical (unpaired) electrons. The molecule has 2 amide bonds. The molecule has 0 spiro atoms. The summed E-state index contributed by atoms with van der Waals surface area (Å²) in [5.74, 6) is 0.471. The first kappa shape index (κ1) is 19.7. The van der Waals surface area contributed by atoms with Crippen LogP contribution in [0.1, 0.15) is 70.1 Å². The van der Waals surface area contributed by atoms with E-state index < -0.39 is 5.60 Å². The maximum Gasteiger partial charge on any atom is 0.410 e. The Labute approximate surface area is 162 Å². The van der Waals surface area contributed by atoms with Crippen molar-refractivity contribution in [2.45, 2.75) is 71.8 Å². The molecule has 0 fully saturated rings. The van der Waals surface area contributed by atoms with Crippen LogP contribution in [0.2, 0.25) is 0 Å². The van der Waals surface area contributed by atoms with Crippen LogP contribution < -0.4 is 4.90 Å². The van der Waals surface area contributed by atoms with Gasteiger partial charge in [0.15, 0.2) is 0 Å². The van der Waals surface area contributed by atoms with Gasteiger partial charge in [-0.05, 0) is 68.7 Å². The minimum atomic E-state index is -0.487. The summed E-state index contributed by atoms with van der Waals surface area (Å²) in [6, 6.07) is 4.48. The second-order valence-electron chi connectivity index (χ2n) is 8.80. The summed E-state index contributed by atoms with van der Waals surface area (Å²) in [4.78, 5) is 28.7. The Morgan fingerprint density at radius 3 is 2.59 bits per heavy atom. The first-order chi connectivity index (χ1) is 12.7. The Morgan fingerprint density at radius 2 is 1.93 bits per heavy atom. The van der Waals surface area contributed by atoms with Gasteiger partial charge in [0.1, 0.15) is 5.60 Å². The van der Waals surface area contributed by atoms with Crippen molar-refractivity contribution in [1.82, 2.24) is 4.90 Å². The number of nitrogens with zero attached hydrogens (tertiary/aromatic N) is 2. The van der Waals surface area contributed by atoms with Crippen molar-refractivity contribution >= 4 is 17.7 Å². The van der Waals surface area contributed by atoms with Crippen molar-refractivity contribution in [2.75, 3.05) is 24.5 Å². The van der Waals surface area contributed by atoms with E-state index in [0.29, 0.717) is 19.5 Å². The van der Waals surface area contributed by atoms with Crippen molar-refractivity contribution in [1.29, 1.82) is 0 Å². The molecule has 27 heavy (non-hydrogen) atoms. The van der Waals surface area contributed by atoms with E-state index in [1.54, 1.807) is 0 Å². The van der Waals surface area contributed by atoms with E-state index in [4.69, 9.17) is 4.74 Å². The van der Waals surface area contributed by atoms with Gasteiger partial charge in [-0.2, -0.15) is 0 Å². The minimum absolute atomic E-state index is 0.223. The van der Waals surface area contributed by atoms with E-state index in [1.165, 1.54) is 16.7 Å². The molecule has 0 aliphatic carbocycles. The predicted molar refractivity (Wildman–Crippen MR) is 107 cm³/mol. The molecule has 2 heterocycles. The molecule has 5 heteroatoms. The molecule has 0 saturated heterocycles. The van der Waals surface area contributed by atoms with Crippen molar-refractivity contribution in [2.24, 2.45) is 0 Å². The highest BCUT2D eigenvalue weighted by atomic mass is 16.6. The van der Waals surface area contributed by atoms with E-state index in [2.05, 4.69) is 26.0 Å². The molecule has 1 unspecified atom stereocenters. The average Bonchev–Trinajstić information content (AvgIpc) is 2.74. The van der Waals surface area contributed by atoms with Gasteiger partial charge in [0.05, 0.1) is 0 Å². The highest BCUT2D eigenvalue weighted by molar-refractivity contribution is 5.96. The number of aryl methyl sites for hydroxylation is 1. The van der Waals surface area contributed by atoms with Crippen LogP contribution in [0.5, 0.6) is 0 Å². The molecule has 0 N–H and O–H groups in total. The van der Waals surface area contributed by atoms with E-state index in [0.717, 1.165) is 31.5 Å². The third-order valence-corrected chi connectivity index (χ3v) is 5.32. The van der Waals surface area contributed by atoms with E-state index >= 15 is 0 Å². The Balaban J connectivity index is 1.87. The zero-order valence-electron chi connectivity index (χ0n) is 17.3. The lowest BCUT2D eigenvalue weighted by Crippen LogP contribution is -2.38. The van der Waals surface area contributed by atoms with E-state index in [1.807, 2.05) is 30.6 Å². The molecule has 0 aromatic heterocycles. The standard InChI is InChI=1S/C22H32N2O3/c1-6-10-24-19-13-16-9-11-23(21(26)27-22(3,4)5)14-15(2)18(16)12-17(19)7-8-20(24)25/h12-13,15H,6-11,14H2,1-5H3. The largest absolute Gasteiger partial charge is 0.444 e. The van der Waals surface area contributed by atoms with Gasteiger partial charge >= 0.3 is 6.09 Å². The molecule has 0 bridgehead atoms. The second-order valence-corrected chi connectivity index (χ2v) is 8.80. The number of carbonyl (C=O) groups excluding carboxylic acids is 2. The third-order valence-electron chi connectivity index (χ3n) is 5.32. The molecule has 2 aliphatic rings. The molecule has 1 aromatic rings. The summed E-state index contributed by atoms with van der Waals surface area (Å²) in [7, 11) is 0. The van der Waals surface area contributed by atoms with Crippen LogP contribution in [0.25, 0.3) is 0 Å². The molecular weight excluding hydrogens is 340 g/mol. The van der Waals surface area contributed by atoms with Crippen LogP contribution in [0.3, 0.4) is 0 Å². The maximum atomic E-state index is 12.6. The van der Waals surface area contributed by atoms with Crippen LogP contribution in [0, 0.1) is 0 Å². The molecule has 5 nitrogen and oxygen atoms in total. The Bertz CT molecular complexity index is 736. The van der Waals surface area contributed by atoms with E-state index in [-0.39, 0.29) is 17.9 Å². The van der Waals surface area contributed by atoms with Crippen molar-refractivity contribution in [3.05, 3.63) is 28.8 Å². The van der Waals surface area contributed by atoms with Gasteiger partial charge in [-0.3, -0.25) is 4.79 Å². The van der Waals surface area contributed by atoms with Crippen LogP contribution in [0.4, 0.5) is 10.5 Å². The van der Waals surface area contributed by atoms with Crippen LogP contribution in [-0.4, -0.2) is 42.1 Å². The van der Waals surface area contributed by atoms with Gasteiger partial charge in [-0.1, -0.05) is 19.9 Å². The van der Waals surface area contributed by atoms with Gasteiger partial charge in [0.25, 0.3) is 0 Å². The fourth-order valence-electron chi connectivity index (χ4n) is 4.07. The molecular formula is C22H32N2O3. The zero-order valence-corrected chi connectivity index (χ0v) is 17.3. The van der Waals surface area contributed by atoms with E-state index in [9.17, 15) is 9.59 Å². The number of benzene rings is 1. The molecule has 1 aromatic carbocycles. The summed E-state index contributed by atoms with van der Waals surface area (Å²) < 4.78 is 5.58. The summed E-state index contributed by atoms with van der Waals surface area (Å²) >= 11 is 0. The Hall–Kier alpha value is -2.04. The highest BCUT2D eigenvalue weighted by Gasteiger charge is 2.30. The maximum absolute atomic E-state index is 12.6. The number of amides is 2. The monoisotopic (exact) mass is 372 g/mol. The summed E-state index contributed by atoms with van der Waals surface area (Å²) in [5, 5.41) is 0. The normalized spacial score (nSPS) is 20.0. The fourth-order valence-corrected chi connectivity index (χ4v) is 4.07. The minimum Gasteiger partial charge on any atom is -0.444 e. The zero-order chi connectivity index (χ0) is 19.8.